The van der Waals surface area contributed by atoms with Gasteiger partial charge in [-0.3, -0.25) is 0 Å². The molecular weight excluding hydrogens is 248 g/mol. The minimum atomic E-state index is 0.685. The van der Waals surface area contributed by atoms with E-state index in [2.05, 4.69) is 34.5 Å². The lowest BCUT2D eigenvalue weighted by Gasteiger charge is -2.35. The summed E-state index contributed by atoms with van der Waals surface area (Å²) < 4.78 is 5.28. The van der Waals surface area contributed by atoms with Gasteiger partial charge in [0.1, 0.15) is 0 Å². The van der Waals surface area contributed by atoms with Crippen LogP contribution >= 0.6 is 0 Å². The van der Waals surface area contributed by atoms with Crippen LogP contribution in [-0.4, -0.2) is 37.2 Å². The second-order valence-electron chi connectivity index (χ2n) is 6.14. The first kappa shape index (κ1) is 14.1. The number of ether oxygens (including phenoxy) is 1. The van der Waals surface area contributed by atoms with Crippen LogP contribution < -0.4 is 5.32 Å². The van der Waals surface area contributed by atoms with Crippen LogP contribution in [-0.2, 0) is 17.9 Å². The third-order valence-electron chi connectivity index (χ3n) is 4.82. The van der Waals surface area contributed by atoms with Crippen molar-refractivity contribution in [2.45, 2.75) is 50.9 Å². The van der Waals surface area contributed by atoms with Gasteiger partial charge >= 0.3 is 0 Å². The van der Waals surface area contributed by atoms with Crippen LogP contribution in [0.4, 0.5) is 0 Å². The SMILES string of the molecule is COCc1ccccc1CNC1CCN2CCCC2C1. The first-order valence-electron chi connectivity index (χ1n) is 7.90. The molecule has 2 aliphatic rings. The molecule has 2 atom stereocenters. The molecule has 0 saturated carbocycles. The van der Waals surface area contributed by atoms with E-state index >= 15 is 0 Å². The van der Waals surface area contributed by atoms with E-state index in [0.29, 0.717) is 12.6 Å². The van der Waals surface area contributed by atoms with Gasteiger partial charge in [-0.2, -0.15) is 0 Å². The lowest BCUT2D eigenvalue weighted by molar-refractivity contribution is 0.165. The summed E-state index contributed by atoms with van der Waals surface area (Å²) >= 11 is 0. The van der Waals surface area contributed by atoms with Gasteiger partial charge in [0, 0.05) is 25.7 Å². The van der Waals surface area contributed by atoms with Gasteiger partial charge in [0.25, 0.3) is 0 Å². The Bertz CT molecular complexity index is 435. The molecule has 2 heterocycles. The highest BCUT2D eigenvalue weighted by molar-refractivity contribution is 5.26. The van der Waals surface area contributed by atoms with Crippen molar-refractivity contribution in [2.75, 3.05) is 20.2 Å². The highest BCUT2D eigenvalue weighted by atomic mass is 16.5. The third kappa shape index (κ3) is 3.22. The van der Waals surface area contributed by atoms with Gasteiger partial charge in [-0.1, -0.05) is 24.3 Å². The van der Waals surface area contributed by atoms with Crippen molar-refractivity contribution in [2.24, 2.45) is 0 Å². The van der Waals surface area contributed by atoms with Crippen LogP contribution in [0.2, 0.25) is 0 Å². The molecule has 2 fully saturated rings. The van der Waals surface area contributed by atoms with E-state index in [1.807, 2.05) is 0 Å². The Morgan fingerprint density at radius 3 is 2.90 bits per heavy atom. The van der Waals surface area contributed by atoms with Crippen LogP contribution in [0.15, 0.2) is 24.3 Å². The van der Waals surface area contributed by atoms with E-state index in [1.54, 1.807) is 7.11 Å². The quantitative estimate of drug-likeness (QED) is 0.893. The Hall–Kier alpha value is -0.900. The summed E-state index contributed by atoms with van der Waals surface area (Å²) in [6, 6.07) is 10.1. The monoisotopic (exact) mass is 274 g/mol. The second-order valence-corrected chi connectivity index (χ2v) is 6.14. The van der Waals surface area contributed by atoms with Crippen LogP contribution in [0.1, 0.15) is 36.8 Å². The first-order valence-corrected chi connectivity index (χ1v) is 7.90. The van der Waals surface area contributed by atoms with Crippen molar-refractivity contribution >= 4 is 0 Å². The fourth-order valence-corrected chi connectivity index (χ4v) is 3.69. The summed E-state index contributed by atoms with van der Waals surface area (Å²) in [5.74, 6) is 0. The van der Waals surface area contributed by atoms with Crippen molar-refractivity contribution in [3.05, 3.63) is 35.4 Å². The molecule has 0 aromatic heterocycles. The van der Waals surface area contributed by atoms with Gasteiger partial charge in [-0.05, 0) is 49.9 Å². The van der Waals surface area contributed by atoms with Crippen LogP contribution in [0.25, 0.3) is 0 Å². The van der Waals surface area contributed by atoms with E-state index in [1.165, 1.54) is 49.9 Å². The van der Waals surface area contributed by atoms with Crippen LogP contribution in [0, 0.1) is 0 Å². The molecule has 110 valence electrons. The largest absolute Gasteiger partial charge is 0.380 e. The molecule has 0 radical (unpaired) electrons. The summed E-state index contributed by atoms with van der Waals surface area (Å²) in [7, 11) is 1.76. The lowest BCUT2D eigenvalue weighted by Crippen LogP contribution is -2.45. The van der Waals surface area contributed by atoms with Crippen LogP contribution in [0.3, 0.4) is 0 Å². The highest BCUT2D eigenvalue weighted by Gasteiger charge is 2.31. The molecule has 0 bridgehead atoms. The van der Waals surface area contributed by atoms with E-state index in [9.17, 15) is 0 Å². The van der Waals surface area contributed by atoms with Crippen molar-refractivity contribution < 1.29 is 4.74 Å². The summed E-state index contributed by atoms with van der Waals surface area (Å²) in [6.07, 6.45) is 5.42. The molecule has 0 amide bonds. The summed E-state index contributed by atoms with van der Waals surface area (Å²) in [5, 5.41) is 3.77. The van der Waals surface area contributed by atoms with Crippen molar-refractivity contribution in [1.82, 2.24) is 10.2 Å². The molecule has 3 rings (SSSR count). The smallest absolute Gasteiger partial charge is 0.0716 e. The molecule has 1 aromatic carbocycles. The predicted octanol–water partition coefficient (Wildman–Crippen LogP) is 2.55. The topological polar surface area (TPSA) is 24.5 Å². The maximum absolute atomic E-state index is 5.28. The van der Waals surface area contributed by atoms with E-state index in [4.69, 9.17) is 4.74 Å². The number of hydrogen-bond donors (Lipinski definition) is 1. The van der Waals surface area contributed by atoms with Gasteiger partial charge in [-0.15, -0.1) is 0 Å². The molecule has 3 nitrogen and oxygen atoms in total. The third-order valence-corrected chi connectivity index (χ3v) is 4.82. The average molecular weight is 274 g/mol. The number of methoxy groups -OCH3 is 1. The zero-order valence-electron chi connectivity index (χ0n) is 12.5. The Balaban J connectivity index is 1.54. The molecule has 2 saturated heterocycles. The maximum Gasteiger partial charge on any atom is 0.0716 e. The zero-order valence-corrected chi connectivity index (χ0v) is 12.5. The van der Waals surface area contributed by atoms with Gasteiger partial charge in [-0.25, -0.2) is 0 Å². The molecule has 20 heavy (non-hydrogen) atoms. The normalized spacial score (nSPS) is 26.6. The standard InChI is InChI=1S/C17H26N2O/c1-20-13-15-6-3-2-5-14(15)12-18-16-8-10-19-9-4-7-17(19)11-16/h2-3,5-6,16-18H,4,7-13H2,1H3. The second kappa shape index (κ2) is 6.70. The number of rotatable bonds is 5. The maximum atomic E-state index is 5.28. The minimum Gasteiger partial charge on any atom is -0.380 e. The van der Waals surface area contributed by atoms with Crippen molar-refractivity contribution in [3.8, 4) is 0 Å². The van der Waals surface area contributed by atoms with Gasteiger partial charge in [0.05, 0.1) is 6.61 Å². The number of nitrogens with zero attached hydrogens (tertiary/aromatic N) is 1. The summed E-state index contributed by atoms with van der Waals surface area (Å²) in [6.45, 7) is 4.28. The number of benzene rings is 1. The molecular formula is C17H26N2O. The molecule has 0 aliphatic carbocycles. The molecule has 1 N–H and O–H groups in total. The molecule has 1 aromatic rings. The Labute approximate surface area is 122 Å². The van der Waals surface area contributed by atoms with Gasteiger partial charge in [0.15, 0.2) is 0 Å². The minimum absolute atomic E-state index is 0.685. The van der Waals surface area contributed by atoms with Crippen LogP contribution in [0.5, 0.6) is 0 Å². The fraction of sp³-hybridized carbons (Fsp3) is 0.647. The number of piperidine rings is 1. The Morgan fingerprint density at radius 2 is 2.05 bits per heavy atom. The summed E-state index contributed by atoms with van der Waals surface area (Å²) in [4.78, 5) is 2.68. The number of fused-ring (bicyclic) bond motifs is 1. The van der Waals surface area contributed by atoms with E-state index in [-0.39, 0.29) is 0 Å². The average Bonchev–Trinajstić information content (AvgIpc) is 2.94. The molecule has 0 spiro atoms. The summed E-state index contributed by atoms with van der Waals surface area (Å²) in [5.41, 5.74) is 2.68. The molecule has 2 aliphatic heterocycles. The Kier molecular flexibility index (Phi) is 4.71. The fourth-order valence-electron chi connectivity index (χ4n) is 3.69. The lowest BCUT2D eigenvalue weighted by atomic mass is 9.97. The predicted molar refractivity (Wildman–Crippen MR) is 81.6 cm³/mol. The Morgan fingerprint density at radius 1 is 1.20 bits per heavy atom. The molecule has 3 heteroatoms. The van der Waals surface area contributed by atoms with E-state index < -0.39 is 0 Å². The number of hydrogen-bond acceptors (Lipinski definition) is 3. The van der Waals surface area contributed by atoms with Crippen molar-refractivity contribution in [3.63, 3.8) is 0 Å². The van der Waals surface area contributed by atoms with Crippen molar-refractivity contribution in [1.29, 1.82) is 0 Å². The van der Waals surface area contributed by atoms with Gasteiger partial charge < -0.3 is 15.0 Å². The zero-order chi connectivity index (χ0) is 13.8. The molecule has 2 unspecified atom stereocenters. The number of nitrogens with one attached hydrogen (secondary N) is 1. The first-order chi connectivity index (χ1) is 9.86. The highest BCUT2D eigenvalue weighted by Crippen LogP contribution is 2.27. The van der Waals surface area contributed by atoms with E-state index in [0.717, 1.165) is 12.6 Å². The van der Waals surface area contributed by atoms with Gasteiger partial charge in [0.2, 0.25) is 0 Å².